The molecule has 3 N–H and O–H groups in total. The molecule has 29 heavy (non-hydrogen) atoms. The van der Waals surface area contributed by atoms with Gasteiger partial charge in [-0.1, -0.05) is 0 Å². The fourth-order valence-corrected chi connectivity index (χ4v) is 3.46. The second-order valence-corrected chi connectivity index (χ2v) is 6.80. The van der Waals surface area contributed by atoms with E-state index in [-0.39, 0.29) is 0 Å². The van der Waals surface area contributed by atoms with E-state index in [1.807, 2.05) is 18.2 Å². The van der Waals surface area contributed by atoms with Crippen LogP contribution in [0.25, 0.3) is 5.65 Å². The summed E-state index contributed by atoms with van der Waals surface area (Å²) >= 11 is 0. The Morgan fingerprint density at radius 2 is 1.79 bits per heavy atom. The molecule has 0 unspecified atom stereocenters. The van der Waals surface area contributed by atoms with Crippen LogP contribution < -0.4 is 25.4 Å². The lowest BCUT2D eigenvalue weighted by Gasteiger charge is -2.35. The van der Waals surface area contributed by atoms with Gasteiger partial charge in [0, 0.05) is 75.5 Å². The summed E-state index contributed by atoms with van der Waals surface area (Å²) in [6.45, 7) is 5.30. The van der Waals surface area contributed by atoms with Gasteiger partial charge in [-0.05, 0) is 0 Å². The third-order valence-corrected chi connectivity index (χ3v) is 4.96. The molecule has 2 aromatic heterocycles. The number of methoxy groups -OCH3 is 2. The molecule has 1 aromatic carbocycles. The number of nitrogens with one attached hydrogen (secondary N) is 1. The maximum Gasteiger partial charge on any atom is 0.247 e. The molecule has 0 aliphatic carbocycles. The summed E-state index contributed by atoms with van der Waals surface area (Å²) < 4.78 is 12.4. The number of fused-ring (bicyclic) bond motifs is 1. The number of aromatic nitrogens is 4. The zero-order valence-electron chi connectivity index (χ0n) is 16.7. The molecular weight excluding hydrogens is 372 g/mol. The van der Waals surface area contributed by atoms with E-state index in [0.29, 0.717) is 24.0 Å². The predicted molar refractivity (Wildman–Crippen MR) is 111 cm³/mol. The quantitative estimate of drug-likeness (QED) is 0.602. The summed E-state index contributed by atoms with van der Waals surface area (Å²) in [4.78, 5) is 13.8. The number of hydrogen-bond acceptors (Lipinski definition) is 9. The lowest BCUT2D eigenvalue weighted by atomic mass is 10.3. The van der Waals surface area contributed by atoms with Gasteiger partial charge in [0.05, 0.1) is 14.2 Å². The number of nitrogens with two attached hydrogens (primary N) is 1. The van der Waals surface area contributed by atoms with Gasteiger partial charge in [-0.25, -0.2) is 9.50 Å². The van der Waals surface area contributed by atoms with Gasteiger partial charge in [-0.2, -0.15) is 4.98 Å². The second-order valence-electron chi connectivity index (χ2n) is 6.80. The summed E-state index contributed by atoms with van der Waals surface area (Å²) in [7, 11) is 3.24. The summed E-state index contributed by atoms with van der Waals surface area (Å²) in [5, 5.41) is 7.76. The maximum absolute atomic E-state index is 5.67. The molecule has 1 saturated heterocycles. The molecule has 1 aliphatic rings. The SMILES string of the molecule is COc1cc(Nc2nc3c(N4CCN(CCN)CC4)nccn3n2)cc(OC)c1. The molecule has 3 heterocycles. The van der Waals surface area contributed by atoms with Crippen molar-refractivity contribution >= 4 is 23.1 Å². The number of piperazine rings is 1. The predicted octanol–water partition coefficient (Wildman–Crippen LogP) is 0.966. The van der Waals surface area contributed by atoms with Crippen LogP contribution in [0, 0.1) is 0 Å². The fourth-order valence-electron chi connectivity index (χ4n) is 3.46. The van der Waals surface area contributed by atoms with Crippen molar-refractivity contribution in [2.24, 2.45) is 5.73 Å². The van der Waals surface area contributed by atoms with E-state index in [1.54, 1.807) is 31.1 Å². The van der Waals surface area contributed by atoms with E-state index in [4.69, 9.17) is 15.2 Å². The third kappa shape index (κ3) is 4.17. The number of hydrogen-bond donors (Lipinski definition) is 2. The standard InChI is InChI=1S/C19H26N8O2/c1-28-15-11-14(12-16(13-15)29-2)22-19-23-18-17(21-4-6-27(18)24-19)26-9-7-25(5-3-20)8-10-26/h4,6,11-13H,3,5,7-10,20H2,1-2H3,(H,22,24). The van der Waals surface area contributed by atoms with Crippen LogP contribution in [0.4, 0.5) is 17.5 Å². The van der Waals surface area contributed by atoms with Crippen molar-refractivity contribution < 1.29 is 9.47 Å². The highest BCUT2D eigenvalue weighted by molar-refractivity contribution is 5.67. The zero-order chi connectivity index (χ0) is 20.2. The Morgan fingerprint density at radius 3 is 2.45 bits per heavy atom. The Kier molecular flexibility index (Phi) is 5.63. The molecule has 4 rings (SSSR count). The van der Waals surface area contributed by atoms with Gasteiger partial charge in [0.2, 0.25) is 5.95 Å². The Hall–Kier alpha value is -3.11. The van der Waals surface area contributed by atoms with E-state index in [0.717, 1.165) is 49.9 Å². The van der Waals surface area contributed by atoms with Crippen molar-refractivity contribution in [3.8, 4) is 11.5 Å². The monoisotopic (exact) mass is 398 g/mol. The van der Waals surface area contributed by atoms with Crippen molar-refractivity contribution in [1.82, 2.24) is 24.5 Å². The van der Waals surface area contributed by atoms with Gasteiger partial charge in [-0.3, -0.25) is 4.90 Å². The van der Waals surface area contributed by atoms with Crippen LogP contribution in [-0.4, -0.2) is 78.0 Å². The Labute approximate surface area is 169 Å². The van der Waals surface area contributed by atoms with Crippen LogP contribution in [0.2, 0.25) is 0 Å². The van der Waals surface area contributed by atoms with Gasteiger partial charge in [0.1, 0.15) is 11.5 Å². The smallest absolute Gasteiger partial charge is 0.247 e. The normalized spacial score (nSPS) is 14.9. The first-order chi connectivity index (χ1) is 14.2. The molecule has 0 amide bonds. The van der Waals surface area contributed by atoms with Crippen molar-refractivity contribution in [1.29, 1.82) is 0 Å². The molecule has 10 heteroatoms. The van der Waals surface area contributed by atoms with Gasteiger partial charge in [0.15, 0.2) is 11.5 Å². The number of anilines is 3. The summed E-state index contributed by atoms with van der Waals surface area (Å²) in [6, 6.07) is 5.54. The van der Waals surface area contributed by atoms with Gasteiger partial charge in [0.25, 0.3) is 0 Å². The van der Waals surface area contributed by atoms with Gasteiger partial charge >= 0.3 is 0 Å². The molecule has 1 aliphatic heterocycles. The first-order valence-electron chi connectivity index (χ1n) is 9.59. The Balaban J connectivity index is 1.57. The van der Waals surface area contributed by atoms with Crippen LogP contribution in [0.5, 0.6) is 11.5 Å². The van der Waals surface area contributed by atoms with E-state index < -0.39 is 0 Å². The summed E-state index contributed by atoms with van der Waals surface area (Å²) in [6.07, 6.45) is 3.55. The topological polar surface area (TPSA) is 106 Å². The van der Waals surface area contributed by atoms with Crippen molar-refractivity contribution in [2.45, 2.75) is 0 Å². The van der Waals surface area contributed by atoms with Crippen LogP contribution in [0.15, 0.2) is 30.6 Å². The lowest BCUT2D eigenvalue weighted by molar-refractivity contribution is 0.264. The maximum atomic E-state index is 5.67. The van der Waals surface area contributed by atoms with Crippen LogP contribution in [0.3, 0.4) is 0 Å². The molecule has 1 fully saturated rings. The number of ether oxygens (including phenoxy) is 2. The van der Waals surface area contributed by atoms with E-state index >= 15 is 0 Å². The van der Waals surface area contributed by atoms with Crippen LogP contribution >= 0.6 is 0 Å². The highest BCUT2D eigenvalue weighted by Gasteiger charge is 2.21. The first-order valence-corrected chi connectivity index (χ1v) is 9.59. The average Bonchev–Trinajstić information content (AvgIpc) is 3.16. The number of benzene rings is 1. The van der Waals surface area contributed by atoms with Gasteiger partial charge in [-0.15, -0.1) is 5.10 Å². The Morgan fingerprint density at radius 1 is 1.07 bits per heavy atom. The third-order valence-electron chi connectivity index (χ3n) is 4.96. The molecule has 0 radical (unpaired) electrons. The van der Waals surface area contributed by atoms with E-state index in [9.17, 15) is 0 Å². The minimum Gasteiger partial charge on any atom is -0.497 e. The molecule has 0 bridgehead atoms. The highest BCUT2D eigenvalue weighted by atomic mass is 16.5. The van der Waals surface area contributed by atoms with Crippen molar-refractivity contribution in [2.75, 3.05) is 63.7 Å². The van der Waals surface area contributed by atoms with Crippen LogP contribution in [-0.2, 0) is 0 Å². The average molecular weight is 398 g/mol. The summed E-state index contributed by atoms with van der Waals surface area (Å²) in [5.41, 5.74) is 7.17. The number of nitrogens with zero attached hydrogens (tertiary/aromatic N) is 6. The zero-order valence-corrected chi connectivity index (χ0v) is 16.7. The Bertz CT molecular complexity index is 946. The largest absolute Gasteiger partial charge is 0.497 e. The van der Waals surface area contributed by atoms with Crippen molar-refractivity contribution in [3.05, 3.63) is 30.6 Å². The fraction of sp³-hybridized carbons (Fsp3) is 0.421. The van der Waals surface area contributed by atoms with E-state index in [2.05, 4.69) is 30.2 Å². The molecule has 0 atom stereocenters. The molecule has 0 saturated carbocycles. The molecule has 0 spiro atoms. The van der Waals surface area contributed by atoms with Crippen LogP contribution in [0.1, 0.15) is 0 Å². The second kappa shape index (κ2) is 8.50. The van der Waals surface area contributed by atoms with E-state index in [1.165, 1.54) is 0 Å². The molecule has 10 nitrogen and oxygen atoms in total. The minimum atomic E-state index is 0.483. The number of rotatable bonds is 7. The first kappa shape index (κ1) is 19.2. The highest BCUT2D eigenvalue weighted by Crippen LogP contribution is 2.28. The summed E-state index contributed by atoms with van der Waals surface area (Å²) in [5.74, 6) is 2.70. The lowest BCUT2D eigenvalue weighted by Crippen LogP contribution is -2.48. The van der Waals surface area contributed by atoms with Crippen molar-refractivity contribution in [3.63, 3.8) is 0 Å². The molecular formula is C19H26N8O2. The van der Waals surface area contributed by atoms with Gasteiger partial charge < -0.3 is 25.4 Å². The minimum absolute atomic E-state index is 0.483. The molecule has 3 aromatic rings. The molecule has 154 valence electrons.